The Morgan fingerprint density at radius 3 is 2.71 bits per heavy atom. The normalized spacial score (nSPS) is 11.7. The average Bonchev–Trinajstić information content (AvgIpc) is 2.55. The lowest BCUT2D eigenvalue weighted by atomic mass is 10.1. The molecule has 1 aromatic rings. The van der Waals surface area contributed by atoms with Crippen LogP contribution in [0.15, 0.2) is 23.2 Å². The number of hydrogen-bond acceptors (Lipinski definition) is 3. The van der Waals surface area contributed by atoms with Gasteiger partial charge in [-0.1, -0.05) is 26.0 Å². The van der Waals surface area contributed by atoms with E-state index in [0.717, 1.165) is 43.5 Å². The first-order chi connectivity index (χ1) is 11.6. The van der Waals surface area contributed by atoms with Crippen LogP contribution >= 0.6 is 0 Å². The van der Waals surface area contributed by atoms with Gasteiger partial charge in [-0.25, -0.2) is 0 Å². The van der Waals surface area contributed by atoms with Gasteiger partial charge in [0.2, 0.25) is 0 Å². The summed E-state index contributed by atoms with van der Waals surface area (Å²) >= 11 is 0. The lowest BCUT2D eigenvalue weighted by Gasteiger charge is -2.15. The van der Waals surface area contributed by atoms with E-state index in [0.29, 0.717) is 19.1 Å². The molecule has 0 unspecified atom stereocenters. The van der Waals surface area contributed by atoms with Crippen LogP contribution in [0, 0.1) is 12.8 Å². The third kappa shape index (κ3) is 8.20. The van der Waals surface area contributed by atoms with Crippen LogP contribution in [0.25, 0.3) is 0 Å². The molecule has 0 aliphatic rings. The van der Waals surface area contributed by atoms with Crippen molar-refractivity contribution < 1.29 is 9.47 Å². The van der Waals surface area contributed by atoms with Gasteiger partial charge in [0.05, 0.1) is 6.61 Å². The number of rotatable bonds is 10. The number of aliphatic imine (C=N–C) groups is 1. The van der Waals surface area contributed by atoms with E-state index < -0.39 is 0 Å². The molecule has 0 amide bonds. The highest BCUT2D eigenvalue weighted by atomic mass is 16.5. The van der Waals surface area contributed by atoms with Crippen LogP contribution in [0.1, 0.15) is 38.3 Å². The summed E-state index contributed by atoms with van der Waals surface area (Å²) in [6.45, 7) is 12.2. The Hall–Kier alpha value is -1.75. The van der Waals surface area contributed by atoms with Crippen LogP contribution < -0.4 is 15.4 Å². The Morgan fingerprint density at radius 2 is 2.04 bits per heavy atom. The zero-order valence-electron chi connectivity index (χ0n) is 15.8. The van der Waals surface area contributed by atoms with Gasteiger partial charge in [0.1, 0.15) is 5.75 Å². The lowest BCUT2D eigenvalue weighted by molar-refractivity contribution is 0.108. The van der Waals surface area contributed by atoms with Gasteiger partial charge in [0, 0.05) is 38.9 Å². The Balaban J connectivity index is 2.36. The second-order valence-corrected chi connectivity index (χ2v) is 6.22. The van der Waals surface area contributed by atoms with E-state index in [4.69, 9.17) is 9.47 Å². The molecule has 0 heterocycles. The van der Waals surface area contributed by atoms with Crippen LogP contribution in [0.4, 0.5) is 0 Å². The molecule has 0 spiro atoms. The summed E-state index contributed by atoms with van der Waals surface area (Å²) in [5.41, 5.74) is 2.33. The first-order valence-electron chi connectivity index (χ1n) is 8.81. The number of benzene rings is 1. The summed E-state index contributed by atoms with van der Waals surface area (Å²) in [5.74, 6) is 2.31. The van der Waals surface area contributed by atoms with E-state index in [-0.39, 0.29) is 0 Å². The minimum absolute atomic E-state index is 0.585. The second kappa shape index (κ2) is 11.7. The van der Waals surface area contributed by atoms with Crippen molar-refractivity contribution in [3.63, 3.8) is 0 Å². The van der Waals surface area contributed by atoms with Gasteiger partial charge >= 0.3 is 0 Å². The van der Waals surface area contributed by atoms with Crippen molar-refractivity contribution in [3.8, 4) is 5.75 Å². The summed E-state index contributed by atoms with van der Waals surface area (Å²) in [6.07, 6.45) is 0.960. The van der Waals surface area contributed by atoms with Gasteiger partial charge in [-0.15, -0.1) is 0 Å². The monoisotopic (exact) mass is 335 g/mol. The minimum Gasteiger partial charge on any atom is -0.494 e. The largest absolute Gasteiger partial charge is 0.494 e. The zero-order chi connectivity index (χ0) is 17.8. The highest BCUT2D eigenvalue weighted by Crippen LogP contribution is 2.20. The molecule has 0 radical (unpaired) electrons. The predicted octanol–water partition coefficient (Wildman–Crippen LogP) is 3.12. The maximum atomic E-state index is 5.71. The summed E-state index contributed by atoms with van der Waals surface area (Å²) in [5, 5.41) is 6.64. The van der Waals surface area contributed by atoms with E-state index in [9.17, 15) is 0 Å². The Labute approximate surface area is 146 Å². The smallest absolute Gasteiger partial charge is 0.191 e. The fourth-order valence-corrected chi connectivity index (χ4v) is 2.20. The van der Waals surface area contributed by atoms with Gasteiger partial charge < -0.3 is 20.1 Å². The lowest BCUT2D eigenvalue weighted by Crippen LogP contribution is -2.37. The number of nitrogens with one attached hydrogen (secondary N) is 2. The van der Waals surface area contributed by atoms with Gasteiger partial charge in [-0.2, -0.15) is 0 Å². The Morgan fingerprint density at radius 1 is 1.25 bits per heavy atom. The summed E-state index contributed by atoms with van der Waals surface area (Å²) in [4.78, 5) is 4.26. The average molecular weight is 335 g/mol. The van der Waals surface area contributed by atoms with Crippen molar-refractivity contribution in [2.24, 2.45) is 10.9 Å². The van der Waals surface area contributed by atoms with Crippen molar-refractivity contribution >= 4 is 5.96 Å². The molecule has 0 saturated heterocycles. The third-order valence-corrected chi connectivity index (χ3v) is 3.40. The number of hydrogen-bond donors (Lipinski definition) is 2. The number of aryl methyl sites for hydroxylation is 1. The Bertz CT molecular complexity index is 501. The van der Waals surface area contributed by atoms with E-state index in [1.807, 2.05) is 6.92 Å². The molecule has 0 aliphatic carbocycles. The molecule has 0 bridgehead atoms. The first kappa shape index (κ1) is 20.3. The topological polar surface area (TPSA) is 54.9 Å². The van der Waals surface area contributed by atoms with Crippen molar-refractivity contribution in [2.45, 2.75) is 40.7 Å². The SMILES string of the molecule is CCOc1cc(C)ccc1CNC(=NC)NCCCOCC(C)C. The van der Waals surface area contributed by atoms with E-state index in [1.165, 1.54) is 5.56 Å². The van der Waals surface area contributed by atoms with Gasteiger partial charge in [0.25, 0.3) is 0 Å². The van der Waals surface area contributed by atoms with Gasteiger partial charge in [-0.05, 0) is 37.8 Å². The molecule has 0 atom stereocenters. The van der Waals surface area contributed by atoms with Crippen molar-refractivity contribution in [3.05, 3.63) is 29.3 Å². The predicted molar refractivity (Wildman–Crippen MR) is 101 cm³/mol. The molecule has 0 aliphatic heterocycles. The van der Waals surface area contributed by atoms with Crippen LogP contribution in [0.5, 0.6) is 5.75 Å². The fourth-order valence-electron chi connectivity index (χ4n) is 2.20. The minimum atomic E-state index is 0.585. The highest BCUT2D eigenvalue weighted by Gasteiger charge is 2.05. The maximum Gasteiger partial charge on any atom is 0.191 e. The number of ether oxygens (including phenoxy) is 2. The van der Waals surface area contributed by atoms with E-state index in [1.54, 1.807) is 7.05 Å². The van der Waals surface area contributed by atoms with Crippen LogP contribution in [0.2, 0.25) is 0 Å². The fraction of sp³-hybridized carbons (Fsp3) is 0.632. The molecule has 1 aromatic carbocycles. The first-order valence-corrected chi connectivity index (χ1v) is 8.81. The van der Waals surface area contributed by atoms with Crippen molar-refractivity contribution in [2.75, 3.05) is 33.4 Å². The molecular weight excluding hydrogens is 302 g/mol. The number of guanidine groups is 1. The second-order valence-electron chi connectivity index (χ2n) is 6.22. The molecule has 24 heavy (non-hydrogen) atoms. The standard InChI is InChI=1S/C19H33N3O2/c1-6-24-18-12-16(4)8-9-17(18)13-22-19(20-5)21-10-7-11-23-14-15(2)3/h8-9,12,15H,6-7,10-11,13-14H2,1-5H3,(H2,20,21,22). The number of nitrogens with zero attached hydrogens (tertiary/aromatic N) is 1. The molecule has 1 rings (SSSR count). The maximum absolute atomic E-state index is 5.71. The zero-order valence-corrected chi connectivity index (χ0v) is 15.8. The summed E-state index contributed by atoms with van der Waals surface area (Å²) < 4.78 is 11.3. The van der Waals surface area contributed by atoms with E-state index >= 15 is 0 Å². The van der Waals surface area contributed by atoms with Gasteiger partial charge in [0.15, 0.2) is 5.96 Å². The van der Waals surface area contributed by atoms with Crippen molar-refractivity contribution in [1.29, 1.82) is 0 Å². The van der Waals surface area contributed by atoms with Crippen molar-refractivity contribution in [1.82, 2.24) is 10.6 Å². The molecular formula is C19H33N3O2. The summed E-state index contributed by atoms with van der Waals surface area (Å²) in [6, 6.07) is 6.27. The summed E-state index contributed by atoms with van der Waals surface area (Å²) in [7, 11) is 1.78. The van der Waals surface area contributed by atoms with Crippen LogP contribution in [-0.4, -0.2) is 39.4 Å². The molecule has 136 valence electrons. The molecule has 0 aromatic heterocycles. The molecule has 2 N–H and O–H groups in total. The Kier molecular flexibility index (Phi) is 9.92. The molecule has 5 heteroatoms. The quantitative estimate of drug-likeness (QED) is 0.392. The molecule has 5 nitrogen and oxygen atoms in total. The molecule has 0 saturated carbocycles. The third-order valence-electron chi connectivity index (χ3n) is 3.40. The van der Waals surface area contributed by atoms with Crippen LogP contribution in [-0.2, 0) is 11.3 Å². The highest BCUT2D eigenvalue weighted by molar-refractivity contribution is 5.79. The van der Waals surface area contributed by atoms with E-state index in [2.05, 4.69) is 54.6 Å². The van der Waals surface area contributed by atoms with Gasteiger partial charge in [-0.3, -0.25) is 4.99 Å². The molecule has 0 fully saturated rings. The van der Waals surface area contributed by atoms with Crippen LogP contribution in [0.3, 0.4) is 0 Å².